The number of non-ortho nitro benzene ring substituents is 1. The predicted molar refractivity (Wildman–Crippen MR) is 110 cm³/mol. The van der Waals surface area contributed by atoms with Crippen LogP contribution < -0.4 is 5.32 Å². The predicted octanol–water partition coefficient (Wildman–Crippen LogP) is 2.42. The molecule has 0 unspecified atom stereocenters. The van der Waals surface area contributed by atoms with Crippen molar-refractivity contribution < 1.29 is 24.4 Å². The van der Waals surface area contributed by atoms with Gasteiger partial charge in [0.05, 0.1) is 30.8 Å². The Bertz CT molecular complexity index is 989. The van der Waals surface area contributed by atoms with Crippen LogP contribution in [0.2, 0.25) is 0 Å². The number of aliphatic hydroxyl groups excluding tert-OH is 1. The second kappa shape index (κ2) is 9.42. The lowest BCUT2D eigenvalue weighted by Crippen LogP contribution is -2.31. The van der Waals surface area contributed by atoms with E-state index in [1.54, 1.807) is 24.3 Å². The molecule has 0 saturated carbocycles. The van der Waals surface area contributed by atoms with Crippen molar-refractivity contribution in [1.29, 1.82) is 0 Å². The van der Waals surface area contributed by atoms with E-state index in [1.807, 2.05) is 12.1 Å². The minimum Gasteiger partial charge on any atom is -0.466 e. The molecule has 3 rings (SSSR count). The molecule has 1 aliphatic rings. The Morgan fingerprint density at radius 3 is 2.33 bits per heavy atom. The molecule has 156 valence electrons. The topological polar surface area (TPSA) is 122 Å². The first kappa shape index (κ1) is 21.3. The fourth-order valence-corrected chi connectivity index (χ4v) is 3.69. The zero-order valence-corrected chi connectivity index (χ0v) is 16.8. The molecule has 0 saturated heterocycles. The van der Waals surface area contributed by atoms with Crippen LogP contribution in [0.25, 0.3) is 0 Å². The number of aliphatic hydroxyl groups is 1. The quantitative estimate of drug-likeness (QED) is 0.373. The largest absolute Gasteiger partial charge is 0.466 e. The number of anilines is 1. The van der Waals surface area contributed by atoms with Gasteiger partial charge in [0.25, 0.3) is 11.6 Å². The van der Waals surface area contributed by atoms with Gasteiger partial charge in [0, 0.05) is 34.2 Å². The van der Waals surface area contributed by atoms with Gasteiger partial charge in [-0.25, -0.2) is 4.79 Å². The molecule has 9 nitrogen and oxygen atoms in total. The Morgan fingerprint density at radius 2 is 1.80 bits per heavy atom. The number of ether oxygens (including phenoxy) is 1. The van der Waals surface area contributed by atoms with Crippen LogP contribution in [0, 0.1) is 10.1 Å². The van der Waals surface area contributed by atoms with Crippen LogP contribution >= 0.6 is 11.8 Å². The Morgan fingerprint density at radius 1 is 1.20 bits per heavy atom. The molecular weight excluding hydrogens is 410 g/mol. The van der Waals surface area contributed by atoms with Crippen LogP contribution in [0.15, 0.2) is 69.6 Å². The number of nitrogens with zero attached hydrogens (tertiary/aromatic N) is 2. The van der Waals surface area contributed by atoms with Crippen LogP contribution in [-0.2, 0) is 14.3 Å². The van der Waals surface area contributed by atoms with Crippen LogP contribution in [0.5, 0.6) is 0 Å². The maximum atomic E-state index is 12.5. The van der Waals surface area contributed by atoms with Crippen molar-refractivity contribution in [3.8, 4) is 0 Å². The van der Waals surface area contributed by atoms with Crippen molar-refractivity contribution in [2.75, 3.05) is 32.1 Å². The summed E-state index contributed by atoms with van der Waals surface area (Å²) in [7, 11) is 1.25. The number of hydrogen-bond donors (Lipinski definition) is 2. The first-order valence-corrected chi connectivity index (χ1v) is 9.75. The van der Waals surface area contributed by atoms with Crippen molar-refractivity contribution in [2.24, 2.45) is 0 Å². The highest BCUT2D eigenvalue weighted by molar-refractivity contribution is 7.99. The monoisotopic (exact) mass is 429 g/mol. The molecule has 30 heavy (non-hydrogen) atoms. The smallest absolute Gasteiger partial charge is 0.337 e. The number of benzene rings is 2. The van der Waals surface area contributed by atoms with Crippen LogP contribution in [0.1, 0.15) is 0 Å². The molecule has 2 N–H and O–H groups in total. The minimum atomic E-state index is -0.600. The highest BCUT2D eigenvalue weighted by Crippen LogP contribution is 2.30. The second-order valence-electron chi connectivity index (χ2n) is 6.30. The summed E-state index contributed by atoms with van der Waals surface area (Å²) in [5, 5.41) is 22.8. The standard InChI is InChI=1S/C20H19N3O6S/c1-29-20(26)17-12-22(10-11-24)19(25)18(17)21-13-2-6-15(7-3-13)30-16-8-4-14(5-9-16)23(27)28/h2-9,21,24H,10-12H2,1H3. The molecule has 2 aromatic carbocycles. The van der Waals surface area contributed by atoms with Crippen molar-refractivity contribution >= 4 is 35.0 Å². The molecule has 0 radical (unpaired) electrons. The average Bonchev–Trinajstić information content (AvgIpc) is 3.05. The third kappa shape index (κ3) is 4.78. The Hall–Kier alpha value is -3.37. The lowest BCUT2D eigenvalue weighted by molar-refractivity contribution is -0.384. The number of nitro benzene ring substituents is 1. The summed E-state index contributed by atoms with van der Waals surface area (Å²) in [6.07, 6.45) is 0. The zero-order chi connectivity index (χ0) is 21.7. The van der Waals surface area contributed by atoms with Crippen LogP contribution in [-0.4, -0.2) is 53.6 Å². The van der Waals surface area contributed by atoms with E-state index in [1.165, 1.54) is 35.9 Å². The summed E-state index contributed by atoms with van der Waals surface area (Å²) in [5.74, 6) is -0.981. The molecule has 0 aromatic heterocycles. The third-order valence-electron chi connectivity index (χ3n) is 4.36. The summed E-state index contributed by atoms with van der Waals surface area (Å²) < 4.78 is 4.76. The van der Waals surface area contributed by atoms with E-state index in [2.05, 4.69) is 5.32 Å². The van der Waals surface area contributed by atoms with Gasteiger partial charge in [-0.2, -0.15) is 0 Å². The summed E-state index contributed by atoms with van der Waals surface area (Å²) in [4.78, 5) is 38.0. The van der Waals surface area contributed by atoms with Crippen molar-refractivity contribution in [3.63, 3.8) is 0 Å². The van der Waals surface area contributed by atoms with Gasteiger partial charge in [0.1, 0.15) is 5.70 Å². The van der Waals surface area contributed by atoms with Crippen molar-refractivity contribution in [1.82, 2.24) is 4.90 Å². The van der Waals surface area contributed by atoms with E-state index < -0.39 is 10.9 Å². The maximum Gasteiger partial charge on any atom is 0.337 e. The lowest BCUT2D eigenvalue weighted by Gasteiger charge is -2.15. The normalized spacial score (nSPS) is 13.5. The molecule has 1 heterocycles. The number of rotatable bonds is 8. The van der Waals surface area contributed by atoms with Crippen LogP contribution in [0.4, 0.5) is 11.4 Å². The highest BCUT2D eigenvalue weighted by atomic mass is 32.2. The number of nitro groups is 1. The molecule has 1 amide bonds. The molecule has 10 heteroatoms. The first-order chi connectivity index (χ1) is 14.4. The zero-order valence-electron chi connectivity index (χ0n) is 16.0. The number of carbonyl (C=O) groups is 2. The van der Waals surface area contributed by atoms with E-state index in [0.29, 0.717) is 5.69 Å². The van der Waals surface area contributed by atoms with E-state index >= 15 is 0 Å². The number of methoxy groups -OCH3 is 1. The second-order valence-corrected chi connectivity index (χ2v) is 7.44. The molecule has 0 atom stereocenters. The van der Waals surface area contributed by atoms with E-state index in [9.17, 15) is 19.7 Å². The molecule has 2 aromatic rings. The van der Waals surface area contributed by atoms with Gasteiger partial charge in [0.15, 0.2) is 0 Å². The average molecular weight is 429 g/mol. The minimum absolute atomic E-state index is 0.0325. The SMILES string of the molecule is COC(=O)C1=C(Nc2ccc(Sc3ccc([N+](=O)[O-])cc3)cc2)C(=O)N(CCO)C1. The Labute approximate surface area is 176 Å². The number of hydrogen-bond acceptors (Lipinski definition) is 8. The fraction of sp³-hybridized carbons (Fsp3) is 0.200. The molecular formula is C20H19N3O6S. The Balaban J connectivity index is 1.73. The van der Waals surface area contributed by atoms with E-state index in [-0.39, 0.29) is 42.6 Å². The van der Waals surface area contributed by atoms with Gasteiger partial charge >= 0.3 is 5.97 Å². The van der Waals surface area contributed by atoms with Crippen LogP contribution in [0.3, 0.4) is 0 Å². The first-order valence-electron chi connectivity index (χ1n) is 8.94. The summed E-state index contributed by atoms with van der Waals surface area (Å²) >= 11 is 1.44. The number of esters is 1. The molecule has 1 aliphatic heterocycles. The number of nitrogens with one attached hydrogen (secondary N) is 1. The van der Waals surface area contributed by atoms with Gasteiger partial charge in [-0.3, -0.25) is 14.9 Å². The summed E-state index contributed by atoms with van der Waals surface area (Å²) in [5.41, 5.74) is 0.982. The summed E-state index contributed by atoms with van der Waals surface area (Å²) in [6.45, 7) is -0.0140. The van der Waals surface area contributed by atoms with Gasteiger partial charge in [-0.15, -0.1) is 0 Å². The van der Waals surface area contributed by atoms with Crippen molar-refractivity contribution in [2.45, 2.75) is 9.79 Å². The fourth-order valence-electron chi connectivity index (χ4n) is 2.87. The van der Waals surface area contributed by atoms with Gasteiger partial charge in [-0.1, -0.05) is 11.8 Å². The molecule has 0 fully saturated rings. The van der Waals surface area contributed by atoms with Gasteiger partial charge in [0.2, 0.25) is 0 Å². The highest BCUT2D eigenvalue weighted by Gasteiger charge is 2.34. The molecule has 0 aliphatic carbocycles. The number of β-amino-alcohol motifs (C(OH)–C–C–N with tert-alkyl or cyclic N) is 1. The van der Waals surface area contributed by atoms with E-state index in [4.69, 9.17) is 9.84 Å². The Kier molecular flexibility index (Phi) is 6.70. The van der Waals surface area contributed by atoms with Crippen molar-refractivity contribution in [3.05, 3.63) is 69.9 Å². The molecule has 0 spiro atoms. The summed E-state index contributed by atoms with van der Waals surface area (Å²) in [6, 6.07) is 13.4. The number of amides is 1. The van der Waals surface area contributed by atoms with Gasteiger partial charge in [-0.05, 0) is 36.4 Å². The number of carbonyl (C=O) groups excluding carboxylic acids is 2. The van der Waals surface area contributed by atoms with E-state index in [0.717, 1.165) is 9.79 Å². The molecule has 0 bridgehead atoms. The van der Waals surface area contributed by atoms with Gasteiger partial charge < -0.3 is 20.1 Å². The lowest BCUT2D eigenvalue weighted by atomic mass is 10.2. The third-order valence-corrected chi connectivity index (χ3v) is 5.38. The maximum absolute atomic E-state index is 12.5.